The van der Waals surface area contributed by atoms with Crippen LogP contribution in [-0.2, 0) is 7.05 Å². The number of aromatic nitrogens is 3. The molecular formula is C12H15N3. The Hall–Kier alpha value is -1.64. The standard InChI is InChI=1S/C12H15N3/c1-8-6-5-7-9(2)11(8)12-13-10(3)15(4)14-12/h5-7H,1-4H3. The van der Waals surface area contributed by atoms with Crippen LogP contribution in [0.3, 0.4) is 0 Å². The smallest absolute Gasteiger partial charge is 0.181 e. The fourth-order valence-corrected chi connectivity index (χ4v) is 1.74. The van der Waals surface area contributed by atoms with E-state index >= 15 is 0 Å². The van der Waals surface area contributed by atoms with Gasteiger partial charge >= 0.3 is 0 Å². The Labute approximate surface area is 89.8 Å². The average Bonchev–Trinajstić information content (AvgIpc) is 2.46. The highest BCUT2D eigenvalue weighted by atomic mass is 15.3. The molecule has 1 aromatic heterocycles. The number of hydrogen-bond acceptors (Lipinski definition) is 2. The molecule has 0 spiro atoms. The van der Waals surface area contributed by atoms with E-state index in [2.05, 4.69) is 42.1 Å². The molecule has 1 heterocycles. The summed E-state index contributed by atoms with van der Waals surface area (Å²) in [6.45, 7) is 6.14. The summed E-state index contributed by atoms with van der Waals surface area (Å²) in [6.07, 6.45) is 0. The third-order valence-corrected chi connectivity index (χ3v) is 2.69. The summed E-state index contributed by atoms with van der Waals surface area (Å²) in [5, 5.41) is 4.41. The van der Waals surface area contributed by atoms with Crippen molar-refractivity contribution in [3.8, 4) is 11.4 Å². The molecule has 0 aliphatic rings. The lowest BCUT2D eigenvalue weighted by Crippen LogP contribution is -1.93. The van der Waals surface area contributed by atoms with E-state index in [-0.39, 0.29) is 0 Å². The summed E-state index contributed by atoms with van der Waals surface area (Å²) >= 11 is 0. The van der Waals surface area contributed by atoms with Crippen LogP contribution in [0.4, 0.5) is 0 Å². The Morgan fingerprint density at radius 2 is 1.67 bits per heavy atom. The van der Waals surface area contributed by atoms with Crippen LogP contribution in [0.5, 0.6) is 0 Å². The summed E-state index contributed by atoms with van der Waals surface area (Å²) in [5.74, 6) is 1.76. The molecular weight excluding hydrogens is 186 g/mol. The second-order valence-electron chi connectivity index (χ2n) is 3.87. The van der Waals surface area contributed by atoms with Crippen molar-refractivity contribution in [3.05, 3.63) is 35.2 Å². The van der Waals surface area contributed by atoms with E-state index in [0.717, 1.165) is 17.2 Å². The number of rotatable bonds is 1. The van der Waals surface area contributed by atoms with Gasteiger partial charge in [-0.05, 0) is 31.9 Å². The van der Waals surface area contributed by atoms with Gasteiger partial charge in [0.05, 0.1) is 0 Å². The van der Waals surface area contributed by atoms with E-state index in [9.17, 15) is 0 Å². The van der Waals surface area contributed by atoms with Crippen LogP contribution in [0.1, 0.15) is 17.0 Å². The third-order valence-electron chi connectivity index (χ3n) is 2.69. The van der Waals surface area contributed by atoms with Crippen LogP contribution < -0.4 is 0 Å². The minimum Gasteiger partial charge on any atom is -0.253 e. The molecule has 0 N–H and O–H groups in total. The van der Waals surface area contributed by atoms with Crippen molar-refractivity contribution in [1.29, 1.82) is 0 Å². The lowest BCUT2D eigenvalue weighted by Gasteiger charge is -2.04. The van der Waals surface area contributed by atoms with Crippen LogP contribution in [0.15, 0.2) is 18.2 Å². The highest BCUT2D eigenvalue weighted by Crippen LogP contribution is 2.23. The SMILES string of the molecule is Cc1cccc(C)c1-c1nc(C)n(C)n1. The van der Waals surface area contributed by atoms with E-state index in [1.54, 1.807) is 4.68 Å². The maximum absolute atomic E-state index is 4.45. The molecule has 0 aliphatic carbocycles. The average molecular weight is 201 g/mol. The number of hydrogen-bond donors (Lipinski definition) is 0. The van der Waals surface area contributed by atoms with E-state index in [4.69, 9.17) is 0 Å². The summed E-state index contributed by atoms with van der Waals surface area (Å²) < 4.78 is 1.81. The molecule has 0 saturated carbocycles. The first kappa shape index (κ1) is 9.90. The Bertz CT molecular complexity index is 458. The molecule has 0 unspecified atom stereocenters. The molecule has 0 aliphatic heterocycles. The number of nitrogens with zero attached hydrogens (tertiary/aromatic N) is 3. The molecule has 3 heteroatoms. The maximum Gasteiger partial charge on any atom is 0.181 e. The van der Waals surface area contributed by atoms with Crippen LogP contribution in [0.2, 0.25) is 0 Å². The van der Waals surface area contributed by atoms with Crippen molar-refractivity contribution in [2.24, 2.45) is 7.05 Å². The van der Waals surface area contributed by atoms with Gasteiger partial charge < -0.3 is 0 Å². The molecule has 15 heavy (non-hydrogen) atoms. The predicted molar refractivity (Wildman–Crippen MR) is 60.7 cm³/mol. The quantitative estimate of drug-likeness (QED) is 0.709. The van der Waals surface area contributed by atoms with E-state index < -0.39 is 0 Å². The van der Waals surface area contributed by atoms with Gasteiger partial charge in [0.15, 0.2) is 5.82 Å². The van der Waals surface area contributed by atoms with Gasteiger partial charge in [0.25, 0.3) is 0 Å². The first-order valence-corrected chi connectivity index (χ1v) is 5.04. The van der Waals surface area contributed by atoms with Gasteiger partial charge in [0.1, 0.15) is 5.82 Å². The molecule has 0 saturated heterocycles. The molecule has 78 valence electrons. The van der Waals surface area contributed by atoms with E-state index in [0.29, 0.717) is 0 Å². The molecule has 0 fully saturated rings. The Morgan fingerprint density at radius 3 is 2.13 bits per heavy atom. The fraction of sp³-hybridized carbons (Fsp3) is 0.333. The highest BCUT2D eigenvalue weighted by molar-refractivity contribution is 5.64. The van der Waals surface area contributed by atoms with E-state index in [1.807, 2.05) is 14.0 Å². The minimum atomic E-state index is 0.825. The number of aryl methyl sites for hydroxylation is 4. The Morgan fingerprint density at radius 1 is 1.07 bits per heavy atom. The predicted octanol–water partition coefficient (Wildman–Crippen LogP) is 2.41. The highest BCUT2D eigenvalue weighted by Gasteiger charge is 2.10. The van der Waals surface area contributed by atoms with Gasteiger partial charge in [-0.2, -0.15) is 5.10 Å². The third kappa shape index (κ3) is 1.65. The second-order valence-corrected chi connectivity index (χ2v) is 3.87. The maximum atomic E-state index is 4.45. The zero-order valence-corrected chi connectivity index (χ0v) is 9.57. The largest absolute Gasteiger partial charge is 0.253 e. The minimum absolute atomic E-state index is 0.825. The lowest BCUT2D eigenvalue weighted by atomic mass is 10.0. The summed E-state index contributed by atoms with van der Waals surface area (Å²) in [6, 6.07) is 6.24. The van der Waals surface area contributed by atoms with Crippen molar-refractivity contribution >= 4 is 0 Å². The Kier molecular flexibility index (Phi) is 2.31. The number of benzene rings is 1. The fourth-order valence-electron chi connectivity index (χ4n) is 1.74. The van der Waals surface area contributed by atoms with Gasteiger partial charge in [-0.25, -0.2) is 4.98 Å². The normalized spacial score (nSPS) is 10.7. The van der Waals surface area contributed by atoms with Gasteiger partial charge in [0.2, 0.25) is 0 Å². The van der Waals surface area contributed by atoms with Crippen molar-refractivity contribution in [2.75, 3.05) is 0 Å². The zero-order valence-electron chi connectivity index (χ0n) is 9.57. The van der Waals surface area contributed by atoms with Gasteiger partial charge in [0, 0.05) is 12.6 Å². The lowest BCUT2D eigenvalue weighted by molar-refractivity contribution is 0.736. The summed E-state index contributed by atoms with van der Waals surface area (Å²) in [7, 11) is 1.92. The van der Waals surface area contributed by atoms with Crippen molar-refractivity contribution in [1.82, 2.24) is 14.8 Å². The molecule has 2 rings (SSSR count). The molecule has 0 bridgehead atoms. The molecule has 3 nitrogen and oxygen atoms in total. The monoisotopic (exact) mass is 201 g/mol. The van der Waals surface area contributed by atoms with Gasteiger partial charge in [-0.1, -0.05) is 18.2 Å². The zero-order chi connectivity index (χ0) is 11.0. The summed E-state index contributed by atoms with van der Waals surface area (Å²) in [4.78, 5) is 4.45. The van der Waals surface area contributed by atoms with Crippen LogP contribution in [-0.4, -0.2) is 14.8 Å². The van der Waals surface area contributed by atoms with E-state index in [1.165, 1.54) is 11.1 Å². The Balaban J connectivity index is 2.63. The van der Waals surface area contributed by atoms with Gasteiger partial charge in [-0.3, -0.25) is 4.68 Å². The molecule has 2 aromatic rings. The second kappa shape index (κ2) is 3.50. The van der Waals surface area contributed by atoms with Crippen molar-refractivity contribution < 1.29 is 0 Å². The topological polar surface area (TPSA) is 30.7 Å². The van der Waals surface area contributed by atoms with Crippen molar-refractivity contribution in [3.63, 3.8) is 0 Å². The first-order valence-electron chi connectivity index (χ1n) is 5.04. The molecule has 0 atom stereocenters. The van der Waals surface area contributed by atoms with Crippen LogP contribution in [0, 0.1) is 20.8 Å². The van der Waals surface area contributed by atoms with Crippen LogP contribution >= 0.6 is 0 Å². The van der Waals surface area contributed by atoms with Gasteiger partial charge in [-0.15, -0.1) is 0 Å². The molecule has 0 radical (unpaired) electrons. The van der Waals surface area contributed by atoms with Crippen LogP contribution in [0.25, 0.3) is 11.4 Å². The molecule has 0 amide bonds. The molecule has 1 aromatic carbocycles. The summed E-state index contributed by atoms with van der Waals surface area (Å²) in [5.41, 5.74) is 3.60. The van der Waals surface area contributed by atoms with Crippen molar-refractivity contribution in [2.45, 2.75) is 20.8 Å². The first-order chi connectivity index (χ1) is 7.09.